The van der Waals surface area contributed by atoms with E-state index in [1.165, 1.54) is 302 Å². The maximum atomic E-state index is 12.5. The lowest BCUT2D eigenvalue weighted by atomic mass is 10.0. The number of hydrogen-bond donors (Lipinski definition) is 3. The first kappa shape index (κ1) is 76.1. The highest BCUT2D eigenvalue weighted by atomic mass is 16.5. The molecule has 6 heteroatoms. The number of aliphatic hydroxyl groups is 2. The molecule has 2 atom stereocenters. The van der Waals surface area contributed by atoms with Crippen LogP contribution < -0.4 is 5.32 Å². The second-order valence-electron chi connectivity index (χ2n) is 24.2. The molecule has 0 aliphatic carbocycles. The quantitative estimate of drug-likeness (QED) is 0.0320. The Kier molecular flexibility index (Phi) is 65.9. The standard InChI is InChI=1S/C72H137NO5/c1-3-5-7-9-11-13-15-16-38-41-45-48-52-56-60-64-70(75)69(68-74)73-71(76)65-61-57-53-49-46-42-39-36-34-32-30-28-26-24-22-20-18-17-19-21-23-25-27-29-31-33-35-37-40-43-47-51-55-59-63-67-78-72(77)66-62-58-54-50-44-14-12-10-8-6-4-2/h10,12,19,21,25,27,69-70,74-75H,3-9,11,13-18,20,22-24,26,28-68H2,1-2H3,(H,73,76)/b12-10-,21-19-,27-25-. The maximum Gasteiger partial charge on any atom is 0.305 e. The van der Waals surface area contributed by atoms with E-state index >= 15 is 0 Å². The van der Waals surface area contributed by atoms with Gasteiger partial charge < -0.3 is 20.3 Å². The molecule has 0 saturated heterocycles. The van der Waals surface area contributed by atoms with Crippen LogP contribution in [0, 0.1) is 0 Å². The molecule has 0 rings (SSSR count). The third kappa shape index (κ3) is 63.3. The second-order valence-corrected chi connectivity index (χ2v) is 24.2. The van der Waals surface area contributed by atoms with Crippen molar-refractivity contribution in [1.29, 1.82) is 0 Å². The molecule has 0 aromatic carbocycles. The summed E-state index contributed by atoms with van der Waals surface area (Å²) in [7, 11) is 0. The van der Waals surface area contributed by atoms with Gasteiger partial charge in [-0.3, -0.25) is 9.59 Å². The summed E-state index contributed by atoms with van der Waals surface area (Å²) in [5.74, 6) is -0.0242. The number of carbonyl (C=O) groups is 2. The largest absolute Gasteiger partial charge is 0.466 e. The van der Waals surface area contributed by atoms with Crippen molar-refractivity contribution in [2.24, 2.45) is 0 Å². The zero-order valence-electron chi connectivity index (χ0n) is 52.7. The van der Waals surface area contributed by atoms with Gasteiger partial charge in [0.2, 0.25) is 5.91 Å². The fraction of sp³-hybridized carbons (Fsp3) is 0.889. The van der Waals surface area contributed by atoms with Crippen molar-refractivity contribution in [1.82, 2.24) is 5.32 Å². The van der Waals surface area contributed by atoms with Crippen molar-refractivity contribution >= 4 is 11.9 Å². The molecule has 2 unspecified atom stereocenters. The van der Waals surface area contributed by atoms with Gasteiger partial charge >= 0.3 is 5.97 Å². The number of aliphatic hydroxyl groups excluding tert-OH is 2. The number of amides is 1. The predicted octanol–water partition coefficient (Wildman–Crippen LogP) is 22.7. The van der Waals surface area contributed by atoms with Crippen LogP contribution >= 0.6 is 0 Å². The van der Waals surface area contributed by atoms with Gasteiger partial charge in [0.1, 0.15) is 0 Å². The van der Waals surface area contributed by atoms with Crippen molar-refractivity contribution < 1.29 is 24.5 Å². The van der Waals surface area contributed by atoms with E-state index in [0.29, 0.717) is 25.9 Å². The Morgan fingerprint density at radius 1 is 0.359 bits per heavy atom. The van der Waals surface area contributed by atoms with Gasteiger partial charge in [-0.25, -0.2) is 0 Å². The van der Waals surface area contributed by atoms with Crippen LogP contribution in [-0.4, -0.2) is 47.4 Å². The fourth-order valence-corrected chi connectivity index (χ4v) is 11.0. The Balaban J connectivity index is 3.37. The lowest BCUT2D eigenvalue weighted by Gasteiger charge is -2.22. The van der Waals surface area contributed by atoms with Crippen molar-refractivity contribution in [3.63, 3.8) is 0 Å². The summed E-state index contributed by atoms with van der Waals surface area (Å²) in [5.41, 5.74) is 0. The van der Waals surface area contributed by atoms with Crippen LogP contribution in [0.3, 0.4) is 0 Å². The first-order valence-electron chi connectivity index (χ1n) is 35.2. The molecule has 0 spiro atoms. The topological polar surface area (TPSA) is 95.9 Å². The van der Waals surface area contributed by atoms with Gasteiger partial charge in [0, 0.05) is 12.8 Å². The Labute approximate surface area is 487 Å². The lowest BCUT2D eigenvalue weighted by Crippen LogP contribution is -2.45. The molecule has 0 aromatic rings. The van der Waals surface area contributed by atoms with Gasteiger partial charge in [-0.2, -0.15) is 0 Å². The monoisotopic (exact) mass is 1100 g/mol. The van der Waals surface area contributed by atoms with Crippen LogP contribution in [-0.2, 0) is 14.3 Å². The second kappa shape index (κ2) is 67.6. The number of esters is 1. The van der Waals surface area contributed by atoms with Crippen molar-refractivity contribution in [3.05, 3.63) is 36.5 Å². The summed E-state index contributed by atoms with van der Waals surface area (Å²) in [6, 6.07) is -0.539. The molecule has 3 N–H and O–H groups in total. The smallest absolute Gasteiger partial charge is 0.305 e. The Bertz CT molecular complexity index is 1260. The maximum absolute atomic E-state index is 12.5. The molecule has 460 valence electrons. The molecular weight excluding hydrogens is 959 g/mol. The van der Waals surface area contributed by atoms with E-state index in [2.05, 4.69) is 55.6 Å². The van der Waals surface area contributed by atoms with Crippen LogP contribution in [0.1, 0.15) is 386 Å². The van der Waals surface area contributed by atoms with Crippen molar-refractivity contribution in [2.75, 3.05) is 13.2 Å². The molecule has 0 bridgehead atoms. The minimum atomic E-state index is -0.662. The highest BCUT2D eigenvalue weighted by Gasteiger charge is 2.20. The molecule has 0 radical (unpaired) electrons. The van der Waals surface area contributed by atoms with Crippen molar-refractivity contribution in [3.8, 4) is 0 Å². The Hall–Kier alpha value is -1.92. The van der Waals surface area contributed by atoms with Gasteiger partial charge in [0.05, 0.1) is 25.4 Å². The van der Waals surface area contributed by atoms with Gasteiger partial charge in [-0.05, 0) is 77.0 Å². The average Bonchev–Trinajstić information content (AvgIpc) is 3.44. The van der Waals surface area contributed by atoms with Crippen LogP contribution in [0.25, 0.3) is 0 Å². The Morgan fingerprint density at radius 2 is 0.654 bits per heavy atom. The molecule has 0 aromatic heterocycles. The molecule has 0 aliphatic heterocycles. The van der Waals surface area contributed by atoms with E-state index in [1.54, 1.807) is 0 Å². The summed E-state index contributed by atoms with van der Waals surface area (Å²) in [4.78, 5) is 24.5. The van der Waals surface area contributed by atoms with Crippen LogP contribution in [0.15, 0.2) is 36.5 Å². The summed E-state index contributed by atoms with van der Waals surface area (Å²) >= 11 is 0. The third-order valence-corrected chi connectivity index (χ3v) is 16.4. The molecule has 0 aliphatic rings. The van der Waals surface area contributed by atoms with Crippen molar-refractivity contribution in [2.45, 2.75) is 398 Å². The SMILES string of the molecule is CCCC/C=C\CCCCCCCC(=O)OCCCCCCCCCCCCC/C=C\C/C=C\CCCCCCCCCCCCCCCCCCCC(=O)NC(CO)C(O)CCCCCCCCCCCCCCCCC. The molecule has 0 saturated carbocycles. The third-order valence-electron chi connectivity index (χ3n) is 16.4. The molecule has 6 nitrogen and oxygen atoms in total. The van der Waals surface area contributed by atoms with E-state index in [9.17, 15) is 19.8 Å². The van der Waals surface area contributed by atoms with Crippen LogP contribution in [0.2, 0.25) is 0 Å². The zero-order chi connectivity index (χ0) is 56.4. The van der Waals surface area contributed by atoms with E-state index in [4.69, 9.17) is 4.74 Å². The first-order valence-corrected chi connectivity index (χ1v) is 35.2. The number of hydrogen-bond acceptors (Lipinski definition) is 5. The van der Waals surface area contributed by atoms with E-state index in [-0.39, 0.29) is 18.5 Å². The van der Waals surface area contributed by atoms with E-state index in [1.807, 2.05) is 0 Å². The number of allylic oxidation sites excluding steroid dienone is 6. The number of carbonyl (C=O) groups excluding carboxylic acids is 2. The molecule has 0 fully saturated rings. The Morgan fingerprint density at radius 3 is 1.03 bits per heavy atom. The minimum absolute atomic E-state index is 0.00581. The average molecular weight is 1100 g/mol. The molecule has 0 heterocycles. The first-order chi connectivity index (χ1) is 38.5. The lowest BCUT2D eigenvalue weighted by molar-refractivity contribution is -0.143. The number of nitrogens with one attached hydrogen (secondary N) is 1. The molecular formula is C72H137NO5. The molecule has 1 amide bonds. The predicted molar refractivity (Wildman–Crippen MR) is 343 cm³/mol. The normalized spacial score (nSPS) is 12.7. The summed E-state index contributed by atoms with van der Waals surface area (Å²) in [6.07, 6.45) is 86.3. The van der Waals surface area contributed by atoms with E-state index in [0.717, 1.165) is 51.4 Å². The zero-order valence-corrected chi connectivity index (χ0v) is 52.7. The number of ether oxygens (including phenoxy) is 1. The van der Waals surface area contributed by atoms with Crippen LogP contribution in [0.4, 0.5) is 0 Å². The van der Waals surface area contributed by atoms with E-state index < -0.39 is 12.1 Å². The van der Waals surface area contributed by atoms with Gasteiger partial charge in [0.25, 0.3) is 0 Å². The number of rotatable bonds is 66. The summed E-state index contributed by atoms with van der Waals surface area (Å²) in [6.45, 7) is 4.94. The molecule has 78 heavy (non-hydrogen) atoms. The fourth-order valence-electron chi connectivity index (χ4n) is 11.0. The summed E-state index contributed by atoms with van der Waals surface area (Å²) < 4.78 is 5.46. The van der Waals surface area contributed by atoms with Gasteiger partial charge in [-0.1, -0.05) is 333 Å². The summed E-state index contributed by atoms with van der Waals surface area (Å²) in [5, 5.41) is 23.3. The highest BCUT2D eigenvalue weighted by molar-refractivity contribution is 5.76. The minimum Gasteiger partial charge on any atom is -0.466 e. The van der Waals surface area contributed by atoms with Gasteiger partial charge in [0.15, 0.2) is 0 Å². The highest BCUT2D eigenvalue weighted by Crippen LogP contribution is 2.19. The number of unbranched alkanes of at least 4 members (excludes halogenated alkanes) is 49. The van der Waals surface area contributed by atoms with Crippen LogP contribution in [0.5, 0.6) is 0 Å². The van der Waals surface area contributed by atoms with Gasteiger partial charge in [-0.15, -0.1) is 0 Å².